The summed E-state index contributed by atoms with van der Waals surface area (Å²) in [6, 6.07) is 6.69. The molecule has 2 N–H and O–H groups in total. The van der Waals surface area contributed by atoms with Crippen LogP contribution in [0.15, 0.2) is 24.3 Å². The lowest BCUT2D eigenvalue weighted by Crippen LogP contribution is -2.31. The van der Waals surface area contributed by atoms with Crippen LogP contribution in [0.5, 0.6) is 5.75 Å². The van der Waals surface area contributed by atoms with Crippen molar-refractivity contribution in [3.05, 3.63) is 24.3 Å². The second-order valence-electron chi connectivity index (χ2n) is 4.12. The molecule has 6 heteroatoms. The zero-order chi connectivity index (χ0) is 12.5. The van der Waals surface area contributed by atoms with Gasteiger partial charge in [0.15, 0.2) is 9.84 Å². The molecule has 1 saturated heterocycles. The van der Waals surface area contributed by atoms with Crippen molar-refractivity contribution in [1.82, 2.24) is 0 Å². The Labute approximate surface area is 100 Å². The number of hydrogen-bond donors (Lipinski definition) is 2. The molecule has 2 rings (SSSR count). The van der Waals surface area contributed by atoms with Gasteiger partial charge in [-0.25, -0.2) is 8.42 Å². The molecule has 0 spiro atoms. The number of aliphatic hydroxyl groups excluding tert-OH is 1. The Morgan fingerprint density at radius 2 is 1.94 bits per heavy atom. The fourth-order valence-electron chi connectivity index (χ4n) is 1.87. The van der Waals surface area contributed by atoms with E-state index in [2.05, 4.69) is 5.32 Å². The highest BCUT2D eigenvalue weighted by atomic mass is 32.2. The third kappa shape index (κ3) is 2.89. The first-order chi connectivity index (χ1) is 8.00. The molecule has 1 aliphatic heterocycles. The summed E-state index contributed by atoms with van der Waals surface area (Å²) in [6.07, 6.45) is -0.845. The van der Waals surface area contributed by atoms with Gasteiger partial charge in [-0.15, -0.1) is 0 Å². The molecule has 0 unspecified atom stereocenters. The van der Waals surface area contributed by atoms with Crippen molar-refractivity contribution < 1.29 is 18.3 Å². The number of rotatable bonds is 3. The van der Waals surface area contributed by atoms with Crippen LogP contribution in [0.2, 0.25) is 0 Å². The first-order valence-corrected chi connectivity index (χ1v) is 7.11. The fourth-order valence-corrected chi connectivity index (χ4v) is 3.61. The van der Waals surface area contributed by atoms with Gasteiger partial charge in [0.05, 0.1) is 30.8 Å². The molecule has 94 valence electrons. The number of methoxy groups -OCH3 is 1. The van der Waals surface area contributed by atoms with E-state index in [4.69, 9.17) is 4.74 Å². The van der Waals surface area contributed by atoms with Crippen LogP contribution in [-0.4, -0.2) is 44.3 Å². The molecule has 1 heterocycles. The highest BCUT2D eigenvalue weighted by Gasteiger charge is 2.36. The van der Waals surface area contributed by atoms with Crippen molar-refractivity contribution in [2.75, 3.05) is 23.9 Å². The summed E-state index contributed by atoms with van der Waals surface area (Å²) in [6.45, 7) is 0. The van der Waals surface area contributed by atoms with Gasteiger partial charge in [-0.05, 0) is 24.3 Å². The van der Waals surface area contributed by atoms with Crippen molar-refractivity contribution >= 4 is 15.5 Å². The summed E-state index contributed by atoms with van der Waals surface area (Å²) in [7, 11) is -1.54. The quantitative estimate of drug-likeness (QED) is 0.812. The van der Waals surface area contributed by atoms with Crippen molar-refractivity contribution in [3.63, 3.8) is 0 Å². The van der Waals surface area contributed by atoms with Crippen LogP contribution < -0.4 is 10.1 Å². The Balaban J connectivity index is 2.06. The van der Waals surface area contributed by atoms with E-state index in [-0.39, 0.29) is 11.5 Å². The minimum absolute atomic E-state index is 0.0276. The molecular weight excluding hydrogens is 242 g/mol. The van der Waals surface area contributed by atoms with Crippen LogP contribution >= 0.6 is 0 Å². The normalized spacial score (nSPS) is 26.7. The number of sulfone groups is 1. The SMILES string of the molecule is COc1ccc(N[C@@H]2CS(=O)(=O)C[C@@H]2O)cc1. The maximum atomic E-state index is 11.3. The molecule has 0 saturated carbocycles. The summed E-state index contributed by atoms with van der Waals surface area (Å²) in [5, 5.41) is 12.6. The van der Waals surface area contributed by atoms with Gasteiger partial charge < -0.3 is 15.2 Å². The summed E-state index contributed by atoms with van der Waals surface area (Å²) >= 11 is 0. The summed E-state index contributed by atoms with van der Waals surface area (Å²) in [4.78, 5) is 0. The largest absolute Gasteiger partial charge is 0.497 e. The van der Waals surface area contributed by atoms with E-state index in [1.807, 2.05) is 0 Å². The van der Waals surface area contributed by atoms with Crippen LogP contribution in [-0.2, 0) is 9.84 Å². The fraction of sp³-hybridized carbons (Fsp3) is 0.455. The summed E-state index contributed by atoms with van der Waals surface area (Å²) in [5.41, 5.74) is 0.770. The van der Waals surface area contributed by atoms with Crippen molar-refractivity contribution in [2.24, 2.45) is 0 Å². The Kier molecular flexibility index (Phi) is 3.26. The molecule has 0 aliphatic carbocycles. The van der Waals surface area contributed by atoms with E-state index in [1.165, 1.54) is 0 Å². The Morgan fingerprint density at radius 3 is 2.41 bits per heavy atom. The van der Waals surface area contributed by atoms with Crippen LogP contribution in [0, 0.1) is 0 Å². The Hall–Kier alpha value is -1.27. The van der Waals surface area contributed by atoms with Crippen molar-refractivity contribution in [3.8, 4) is 5.75 Å². The van der Waals surface area contributed by atoms with Gasteiger partial charge >= 0.3 is 0 Å². The molecule has 17 heavy (non-hydrogen) atoms. The predicted molar refractivity (Wildman–Crippen MR) is 65.1 cm³/mol. The standard InChI is InChI=1S/C11H15NO4S/c1-16-9-4-2-8(3-5-9)12-10-6-17(14,15)7-11(10)13/h2-5,10-13H,6-7H2,1H3/t10-,11+/m1/s1. The maximum absolute atomic E-state index is 11.3. The first kappa shape index (κ1) is 12.2. The molecule has 0 aromatic heterocycles. The topological polar surface area (TPSA) is 75.6 Å². The third-order valence-corrected chi connectivity index (χ3v) is 4.48. The monoisotopic (exact) mass is 257 g/mol. The zero-order valence-electron chi connectivity index (χ0n) is 9.46. The summed E-state index contributed by atoms with van der Waals surface area (Å²) < 4.78 is 27.7. The molecule has 1 aromatic carbocycles. The minimum atomic E-state index is -3.11. The molecule has 1 fully saturated rings. The van der Waals surface area contributed by atoms with E-state index in [0.717, 1.165) is 11.4 Å². The van der Waals surface area contributed by atoms with Gasteiger partial charge in [0.2, 0.25) is 0 Å². The maximum Gasteiger partial charge on any atom is 0.155 e. The molecule has 1 aliphatic rings. The molecule has 2 atom stereocenters. The number of aliphatic hydroxyl groups is 1. The van der Waals surface area contributed by atoms with Gasteiger partial charge in [0, 0.05) is 5.69 Å². The minimum Gasteiger partial charge on any atom is -0.497 e. The highest BCUT2D eigenvalue weighted by molar-refractivity contribution is 7.91. The number of hydrogen-bond acceptors (Lipinski definition) is 5. The second kappa shape index (κ2) is 4.54. The molecular formula is C11H15NO4S. The molecule has 1 aromatic rings. The number of benzene rings is 1. The van der Waals surface area contributed by atoms with Crippen LogP contribution in [0.3, 0.4) is 0 Å². The highest BCUT2D eigenvalue weighted by Crippen LogP contribution is 2.20. The van der Waals surface area contributed by atoms with E-state index in [9.17, 15) is 13.5 Å². The average Bonchev–Trinajstić information content (AvgIpc) is 2.53. The van der Waals surface area contributed by atoms with E-state index >= 15 is 0 Å². The number of anilines is 1. The molecule has 0 bridgehead atoms. The Morgan fingerprint density at radius 1 is 1.29 bits per heavy atom. The first-order valence-electron chi connectivity index (χ1n) is 5.29. The van der Waals surface area contributed by atoms with Crippen LogP contribution in [0.25, 0.3) is 0 Å². The number of nitrogens with one attached hydrogen (secondary N) is 1. The van der Waals surface area contributed by atoms with E-state index in [1.54, 1.807) is 31.4 Å². The summed E-state index contributed by atoms with van der Waals surface area (Å²) in [5.74, 6) is 0.538. The lowest BCUT2D eigenvalue weighted by atomic mass is 10.2. The van der Waals surface area contributed by atoms with Crippen molar-refractivity contribution in [2.45, 2.75) is 12.1 Å². The second-order valence-corrected chi connectivity index (χ2v) is 6.28. The van der Waals surface area contributed by atoms with Gasteiger partial charge in [-0.1, -0.05) is 0 Å². The number of ether oxygens (including phenoxy) is 1. The van der Waals surface area contributed by atoms with Gasteiger partial charge in [-0.2, -0.15) is 0 Å². The van der Waals surface area contributed by atoms with Gasteiger partial charge in [-0.3, -0.25) is 0 Å². The van der Waals surface area contributed by atoms with Crippen LogP contribution in [0.4, 0.5) is 5.69 Å². The van der Waals surface area contributed by atoms with Gasteiger partial charge in [0.1, 0.15) is 5.75 Å². The van der Waals surface area contributed by atoms with Crippen molar-refractivity contribution in [1.29, 1.82) is 0 Å². The lowest BCUT2D eigenvalue weighted by Gasteiger charge is -2.16. The van der Waals surface area contributed by atoms with Gasteiger partial charge in [0.25, 0.3) is 0 Å². The predicted octanol–water partition coefficient (Wildman–Crippen LogP) is 0.265. The van der Waals surface area contributed by atoms with E-state index < -0.39 is 22.0 Å². The molecule has 5 nitrogen and oxygen atoms in total. The molecule has 0 radical (unpaired) electrons. The van der Waals surface area contributed by atoms with E-state index in [0.29, 0.717) is 0 Å². The smallest absolute Gasteiger partial charge is 0.155 e. The molecule has 0 amide bonds. The Bertz CT molecular complexity index is 483. The zero-order valence-corrected chi connectivity index (χ0v) is 10.3. The third-order valence-electron chi connectivity index (χ3n) is 2.76. The van der Waals surface area contributed by atoms with Crippen LogP contribution in [0.1, 0.15) is 0 Å². The average molecular weight is 257 g/mol. The lowest BCUT2D eigenvalue weighted by molar-refractivity contribution is 0.190.